The molecule has 2 aromatic rings. The van der Waals surface area contributed by atoms with Gasteiger partial charge in [-0.1, -0.05) is 13.8 Å². The van der Waals surface area contributed by atoms with Crippen molar-refractivity contribution in [2.24, 2.45) is 0 Å². The van der Waals surface area contributed by atoms with Gasteiger partial charge in [-0.2, -0.15) is 0 Å². The van der Waals surface area contributed by atoms with E-state index in [4.69, 9.17) is 0 Å². The van der Waals surface area contributed by atoms with Gasteiger partial charge in [0.2, 0.25) is 0 Å². The summed E-state index contributed by atoms with van der Waals surface area (Å²) < 4.78 is 0. The zero-order valence-corrected chi connectivity index (χ0v) is 11.1. The third-order valence-electron chi connectivity index (χ3n) is 2.29. The van der Waals surface area contributed by atoms with Gasteiger partial charge in [-0.05, 0) is 13.0 Å². The first-order valence-electron chi connectivity index (χ1n) is 5.43. The van der Waals surface area contributed by atoms with E-state index in [0.717, 1.165) is 24.5 Å². The predicted molar refractivity (Wildman–Crippen MR) is 70.0 cm³/mol. The number of thiazole rings is 2. The van der Waals surface area contributed by atoms with Crippen LogP contribution in [0.2, 0.25) is 0 Å². The van der Waals surface area contributed by atoms with Gasteiger partial charge in [0.15, 0.2) is 0 Å². The van der Waals surface area contributed by atoms with Crippen molar-refractivity contribution in [3.63, 3.8) is 0 Å². The highest BCUT2D eigenvalue weighted by Crippen LogP contribution is 2.30. The van der Waals surface area contributed by atoms with Crippen molar-refractivity contribution in [1.82, 2.24) is 15.3 Å². The second kappa shape index (κ2) is 5.52. The average Bonchev–Trinajstić information content (AvgIpc) is 2.94. The molecule has 1 N–H and O–H groups in total. The standard InChI is InChI=1S/C11H15N3S2/c1-3-8-9(5-12-4-2)16-11(14-8)10-6-13-7-15-10/h6-7,12H,3-5H2,1-2H3. The van der Waals surface area contributed by atoms with Crippen molar-refractivity contribution in [3.8, 4) is 9.88 Å². The van der Waals surface area contributed by atoms with Crippen LogP contribution >= 0.6 is 22.7 Å². The number of rotatable bonds is 5. The van der Waals surface area contributed by atoms with Crippen molar-refractivity contribution in [3.05, 3.63) is 22.3 Å². The van der Waals surface area contributed by atoms with Gasteiger partial charge in [-0.3, -0.25) is 4.98 Å². The highest BCUT2D eigenvalue weighted by Gasteiger charge is 2.11. The van der Waals surface area contributed by atoms with E-state index in [2.05, 4.69) is 29.1 Å². The second-order valence-electron chi connectivity index (χ2n) is 3.39. The fraction of sp³-hybridized carbons (Fsp3) is 0.455. The normalized spacial score (nSPS) is 10.9. The third kappa shape index (κ3) is 2.48. The molecule has 3 nitrogen and oxygen atoms in total. The summed E-state index contributed by atoms with van der Waals surface area (Å²) in [6.45, 7) is 6.20. The largest absolute Gasteiger partial charge is 0.312 e. The molecule has 16 heavy (non-hydrogen) atoms. The Bertz CT molecular complexity index is 434. The molecule has 0 aromatic carbocycles. The molecule has 0 aliphatic heterocycles. The topological polar surface area (TPSA) is 37.8 Å². The van der Waals surface area contributed by atoms with Crippen LogP contribution in [0, 0.1) is 0 Å². The van der Waals surface area contributed by atoms with Gasteiger partial charge < -0.3 is 5.32 Å². The molecule has 0 unspecified atom stereocenters. The highest BCUT2D eigenvalue weighted by molar-refractivity contribution is 7.20. The summed E-state index contributed by atoms with van der Waals surface area (Å²) in [6, 6.07) is 0. The minimum Gasteiger partial charge on any atom is -0.312 e. The molecule has 0 amide bonds. The lowest BCUT2D eigenvalue weighted by atomic mass is 10.3. The van der Waals surface area contributed by atoms with Gasteiger partial charge in [0.05, 0.1) is 16.1 Å². The van der Waals surface area contributed by atoms with Crippen molar-refractivity contribution in [2.75, 3.05) is 6.54 Å². The van der Waals surface area contributed by atoms with Crippen LogP contribution in [0.5, 0.6) is 0 Å². The summed E-state index contributed by atoms with van der Waals surface area (Å²) in [5.41, 5.74) is 3.07. The van der Waals surface area contributed by atoms with E-state index in [-0.39, 0.29) is 0 Å². The molecule has 0 atom stereocenters. The minimum atomic E-state index is 0.927. The number of hydrogen-bond acceptors (Lipinski definition) is 5. The quantitative estimate of drug-likeness (QED) is 0.890. The fourth-order valence-electron chi connectivity index (χ4n) is 1.46. The average molecular weight is 253 g/mol. The van der Waals surface area contributed by atoms with E-state index < -0.39 is 0 Å². The number of nitrogens with zero attached hydrogens (tertiary/aromatic N) is 2. The summed E-state index contributed by atoms with van der Waals surface area (Å²) in [5.74, 6) is 0. The zero-order chi connectivity index (χ0) is 11.4. The fourth-order valence-corrected chi connectivity index (χ4v) is 3.26. The van der Waals surface area contributed by atoms with Gasteiger partial charge in [0.1, 0.15) is 5.01 Å². The molecule has 0 fully saturated rings. The first-order chi connectivity index (χ1) is 7.85. The van der Waals surface area contributed by atoms with E-state index in [1.54, 1.807) is 22.7 Å². The van der Waals surface area contributed by atoms with E-state index in [1.165, 1.54) is 15.4 Å². The molecule has 2 aromatic heterocycles. The van der Waals surface area contributed by atoms with Crippen molar-refractivity contribution in [2.45, 2.75) is 26.8 Å². The van der Waals surface area contributed by atoms with Gasteiger partial charge in [-0.25, -0.2) is 4.98 Å². The summed E-state index contributed by atoms with van der Waals surface area (Å²) in [4.78, 5) is 11.3. The summed E-state index contributed by atoms with van der Waals surface area (Å²) in [7, 11) is 0. The number of aryl methyl sites for hydroxylation is 1. The lowest BCUT2D eigenvalue weighted by Gasteiger charge is -1.99. The summed E-state index contributed by atoms with van der Waals surface area (Å²) >= 11 is 3.43. The van der Waals surface area contributed by atoms with E-state index in [1.807, 2.05) is 11.7 Å². The van der Waals surface area contributed by atoms with E-state index in [9.17, 15) is 0 Å². The van der Waals surface area contributed by atoms with E-state index in [0.29, 0.717) is 0 Å². The smallest absolute Gasteiger partial charge is 0.135 e. The molecular weight excluding hydrogens is 238 g/mol. The molecule has 0 aliphatic carbocycles. The third-order valence-corrected chi connectivity index (χ3v) is 4.33. The molecule has 0 saturated heterocycles. The Hall–Kier alpha value is -0.780. The molecular formula is C11H15N3S2. The van der Waals surface area contributed by atoms with Gasteiger partial charge >= 0.3 is 0 Å². The molecule has 86 valence electrons. The maximum absolute atomic E-state index is 4.67. The molecule has 0 spiro atoms. The van der Waals surface area contributed by atoms with Crippen molar-refractivity contribution >= 4 is 22.7 Å². The lowest BCUT2D eigenvalue weighted by Crippen LogP contribution is -2.11. The van der Waals surface area contributed by atoms with Gasteiger partial charge in [0, 0.05) is 17.6 Å². The van der Waals surface area contributed by atoms with Gasteiger partial charge in [-0.15, -0.1) is 22.7 Å². The predicted octanol–water partition coefficient (Wildman–Crippen LogP) is 2.94. The maximum atomic E-state index is 4.67. The summed E-state index contributed by atoms with van der Waals surface area (Å²) in [5, 5.41) is 4.46. The Kier molecular flexibility index (Phi) is 4.04. The molecule has 0 radical (unpaired) electrons. The summed E-state index contributed by atoms with van der Waals surface area (Å²) in [6.07, 6.45) is 2.88. The Labute approximate surface area is 104 Å². The SMILES string of the molecule is CCNCc1sc(-c2cncs2)nc1CC. The highest BCUT2D eigenvalue weighted by atomic mass is 32.1. The number of hydrogen-bond donors (Lipinski definition) is 1. The Morgan fingerprint density at radius 2 is 2.25 bits per heavy atom. The lowest BCUT2D eigenvalue weighted by molar-refractivity contribution is 0.727. The van der Waals surface area contributed by atoms with Crippen LogP contribution in [0.1, 0.15) is 24.4 Å². The molecule has 0 bridgehead atoms. The number of aromatic nitrogens is 2. The Morgan fingerprint density at radius 3 is 2.88 bits per heavy atom. The van der Waals surface area contributed by atoms with Crippen LogP contribution in [0.4, 0.5) is 0 Å². The molecule has 0 saturated carbocycles. The molecule has 2 heterocycles. The number of nitrogens with one attached hydrogen (secondary N) is 1. The van der Waals surface area contributed by atoms with Crippen LogP contribution in [0.15, 0.2) is 11.7 Å². The van der Waals surface area contributed by atoms with Crippen LogP contribution in [-0.2, 0) is 13.0 Å². The Morgan fingerprint density at radius 1 is 1.38 bits per heavy atom. The first kappa shape index (κ1) is 11.7. The maximum Gasteiger partial charge on any atom is 0.135 e. The van der Waals surface area contributed by atoms with E-state index >= 15 is 0 Å². The van der Waals surface area contributed by atoms with Crippen LogP contribution in [0.3, 0.4) is 0 Å². The second-order valence-corrected chi connectivity index (χ2v) is 5.36. The first-order valence-corrected chi connectivity index (χ1v) is 7.12. The Balaban J connectivity index is 2.25. The molecule has 5 heteroatoms. The molecule has 2 rings (SSSR count). The van der Waals surface area contributed by atoms with Crippen LogP contribution in [0.25, 0.3) is 9.88 Å². The molecule has 0 aliphatic rings. The van der Waals surface area contributed by atoms with Crippen molar-refractivity contribution < 1.29 is 0 Å². The van der Waals surface area contributed by atoms with Crippen LogP contribution < -0.4 is 5.32 Å². The van der Waals surface area contributed by atoms with Crippen LogP contribution in [-0.4, -0.2) is 16.5 Å². The van der Waals surface area contributed by atoms with Gasteiger partial charge in [0.25, 0.3) is 0 Å². The zero-order valence-electron chi connectivity index (χ0n) is 9.49. The minimum absolute atomic E-state index is 0.927. The van der Waals surface area contributed by atoms with Crippen molar-refractivity contribution in [1.29, 1.82) is 0 Å². The monoisotopic (exact) mass is 253 g/mol.